The Labute approximate surface area is 200 Å². The van der Waals surface area contributed by atoms with E-state index in [1.165, 1.54) is 11.3 Å². The fraction of sp³-hybridized carbons (Fsp3) is 0.261. The van der Waals surface area contributed by atoms with Crippen LogP contribution in [0.3, 0.4) is 0 Å². The van der Waals surface area contributed by atoms with Gasteiger partial charge in [-0.1, -0.05) is 40.9 Å². The van der Waals surface area contributed by atoms with E-state index in [4.69, 9.17) is 39.5 Å². The van der Waals surface area contributed by atoms with E-state index in [2.05, 4.69) is 4.90 Å². The smallest absolute Gasteiger partial charge is 0.264 e. The second-order valence-electron chi connectivity index (χ2n) is 7.38. The molecule has 4 nitrogen and oxygen atoms in total. The van der Waals surface area contributed by atoms with Crippen molar-refractivity contribution in [1.29, 1.82) is 0 Å². The number of hydrogen-bond acceptors (Lipinski definition) is 4. The maximum Gasteiger partial charge on any atom is 0.264 e. The van der Waals surface area contributed by atoms with Crippen LogP contribution in [-0.4, -0.2) is 41.9 Å². The van der Waals surface area contributed by atoms with Gasteiger partial charge in [-0.15, -0.1) is 11.3 Å². The molecule has 1 aromatic heterocycles. The highest BCUT2D eigenvalue weighted by Gasteiger charge is 2.23. The number of benzene rings is 2. The second kappa shape index (κ2) is 10.2. The Morgan fingerprint density at radius 1 is 0.903 bits per heavy atom. The standard InChI is InChI=1S/C23H21Cl3N2O2S/c24-18-2-4-19(5-3-18)30-14-17-12-22(31-15-17)23(29)28-9-7-27(8-10-28)13-16-1-6-20(25)21(26)11-16/h1-6,11-12,15H,7-10,13-14H2. The molecule has 0 radical (unpaired) electrons. The summed E-state index contributed by atoms with van der Waals surface area (Å²) in [5, 5.41) is 3.79. The van der Waals surface area contributed by atoms with E-state index in [-0.39, 0.29) is 5.91 Å². The molecule has 2 heterocycles. The first-order valence-corrected chi connectivity index (χ1v) is 11.9. The summed E-state index contributed by atoms with van der Waals surface area (Å²) >= 11 is 19.5. The minimum absolute atomic E-state index is 0.0805. The summed E-state index contributed by atoms with van der Waals surface area (Å²) in [7, 11) is 0. The van der Waals surface area contributed by atoms with Gasteiger partial charge in [0.1, 0.15) is 12.4 Å². The fourth-order valence-electron chi connectivity index (χ4n) is 3.42. The van der Waals surface area contributed by atoms with Crippen LogP contribution in [0.2, 0.25) is 15.1 Å². The van der Waals surface area contributed by atoms with Gasteiger partial charge in [-0.05, 0) is 53.4 Å². The zero-order valence-corrected chi connectivity index (χ0v) is 19.8. The lowest BCUT2D eigenvalue weighted by atomic mass is 10.2. The highest BCUT2D eigenvalue weighted by molar-refractivity contribution is 7.12. The van der Waals surface area contributed by atoms with Crippen LogP contribution in [0.5, 0.6) is 5.75 Å². The molecule has 1 amide bonds. The molecule has 31 heavy (non-hydrogen) atoms. The molecular weight excluding hydrogens is 475 g/mol. The molecule has 162 valence electrons. The molecular formula is C23H21Cl3N2O2S. The van der Waals surface area contributed by atoms with Crippen LogP contribution in [0.4, 0.5) is 0 Å². The molecule has 0 unspecified atom stereocenters. The number of halogens is 3. The largest absolute Gasteiger partial charge is 0.489 e. The highest BCUT2D eigenvalue weighted by atomic mass is 35.5. The van der Waals surface area contributed by atoms with Crippen molar-refractivity contribution < 1.29 is 9.53 Å². The van der Waals surface area contributed by atoms with Crippen LogP contribution >= 0.6 is 46.1 Å². The summed E-state index contributed by atoms with van der Waals surface area (Å²) in [6, 6.07) is 14.9. The number of piperazine rings is 1. The molecule has 1 aliphatic rings. The Balaban J connectivity index is 1.27. The molecule has 1 saturated heterocycles. The Morgan fingerprint density at radius 3 is 2.35 bits per heavy atom. The predicted molar refractivity (Wildman–Crippen MR) is 128 cm³/mol. The van der Waals surface area contributed by atoms with Crippen molar-refractivity contribution in [3.05, 3.63) is 85.0 Å². The van der Waals surface area contributed by atoms with Crippen LogP contribution in [0.25, 0.3) is 0 Å². The molecule has 3 aromatic rings. The molecule has 0 bridgehead atoms. The predicted octanol–water partition coefficient (Wildman–Crippen LogP) is 6.25. The molecule has 0 N–H and O–H groups in total. The fourth-order valence-corrected chi connectivity index (χ4v) is 4.73. The van der Waals surface area contributed by atoms with Crippen molar-refractivity contribution in [3.8, 4) is 5.75 Å². The molecule has 0 saturated carbocycles. The Bertz CT molecular complexity index is 1050. The molecule has 1 fully saturated rings. The Morgan fingerprint density at radius 2 is 1.65 bits per heavy atom. The van der Waals surface area contributed by atoms with Gasteiger partial charge in [0.2, 0.25) is 0 Å². The van der Waals surface area contributed by atoms with Crippen LogP contribution < -0.4 is 4.74 Å². The van der Waals surface area contributed by atoms with Crippen molar-refractivity contribution in [2.75, 3.05) is 26.2 Å². The van der Waals surface area contributed by atoms with E-state index < -0.39 is 0 Å². The van der Waals surface area contributed by atoms with Crippen molar-refractivity contribution in [2.24, 2.45) is 0 Å². The minimum atomic E-state index is 0.0805. The third-order valence-corrected chi connectivity index (χ3v) is 7.09. The molecule has 8 heteroatoms. The van der Waals surface area contributed by atoms with Gasteiger partial charge < -0.3 is 9.64 Å². The monoisotopic (exact) mass is 494 g/mol. The molecule has 2 aromatic carbocycles. The zero-order chi connectivity index (χ0) is 21.8. The summed E-state index contributed by atoms with van der Waals surface area (Å²) in [4.78, 5) is 17.9. The average Bonchev–Trinajstić information content (AvgIpc) is 3.25. The maximum atomic E-state index is 12.9. The van der Waals surface area contributed by atoms with Crippen molar-refractivity contribution in [1.82, 2.24) is 9.80 Å². The van der Waals surface area contributed by atoms with Crippen LogP contribution in [0, 0.1) is 0 Å². The normalized spacial score (nSPS) is 14.6. The van der Waals surface area contributed by atoms with Crippen molar-refractivity contribution >= 4 is 52.0 Å². The summed E-state index contributed by atoms with van der Waals surface area (Å²) in [5.41, 5.74) is 2.11. The molecule has 4 rings (SSSR count). The summed E-state index contributed by atoms with van der Waals surface area (Å²) in [6.45, 7) is 4.27. The number of carbonyl (C=O) groups excluding carboxylic acids is 1. The van der Waals surface area contributed by atoms with E-state index in [0.717, 1.165) is 41.4 Å². The summed E-state index contributed by atoms with van der Waals surface area (Å²) in [6.07, 6.45) is 0. The lowest BCUT2D eigenvalue weighted by Gasteiger charge is -2.34. The Kier molecular flexibility index (Phi) is 7.41. The third-order valence-electron chi connectivity index (χ3n) is 5.13. The van der Waals surface area contributed by atoms with Crippen LogP contribution in [0.15, 0.2) is 53.9 Å². The number of thiophene rings is 1. The van der Waals surface area contributed by atoms with E-state index in [9.17, 15) is 4.79 Å². The van der Waals surface area contributed by atoms with Gasteiger partial charge in [-0.3, -0.25) is 9.69 Å². The van der Waals surface area contributed by atoms with E-state index in [1.54, 1.807) is 12.1 Å². The average molecular weight is 496 g/mol. The first kappa shape index (κ1) is 22.4. The van der Waals surface area contributed by atoms with Gasteiger partial charge >= 0.3 is 0 Å². The van der Waals surface area contributed by atoms with Gasteiger partial charge in [0, 0.05) is 43.3 Å². The number of hydrogen-bond donors (Lipinski definition) is 0. The number of ether oxygens (including phenoxy) is 1. The number of carbonyl (C=O) groups is 1. The molecule has 0 atom stereocenters. The maximum absolute atomic E-state index is 12.9. The van der Waals surface area contributed by atoms with Crippen molar-refractivity contribution in [3.63, 3.8) is 0 Å². The van der Waals surface area contributed by atoms with Crippen molar-refractivity contribution in [2.45, 2.75) is 13.2 Å². The van der Waals surface area contributed by atoms with Gasteiger partial charge in [-0.2, -0.15) is 0 Å². The molecule has 1 aliphatic heterocycles. The molecule has 0 aliphatic carbocycles. The lowest BCUT2D eigenvalue weighted by Crippen LogP contribution is -2.48. The van der Waals surface area contributed by atoms with E-state index in [0.29, 0.717) is 34.8 Å². The van der Waals surface area contributed by atoms with Gasteiger partial charge in [0.25, 0.3) is 5.91 Å². The van der Waals surface area contributed by atoms with E-state index in [1.807, 2.05) is 46.7 Å². The minimum Gasteiger partial charge on any atom is -0.489 e. The van der Waals surface area contributed by atoms with Gasteiger partial charge in [0.05, 0.1) is 14.9 Å². The van der Waals surface area contributed by atoms with Gasteiger partial charge in [0.15, 0.2) is 0 Å². The van der Waals surface area contributed by atoms with Gasteiger partial charge in [-0.25, -0.2) is 0 Å². The van der Waals surface area contributed by atoms with E-state index >= 15 is 0 Å². The summed E-state index contributed by atoms with van der Waals surface area (Å²) in [5.74, 6) is 0.832. The second-order valence-corrected chi connectivity index (χ2v) is 9.54. The quantitative estimate of drug-likeness (QED) is 0.405. The lowest BCUT2D eigenvalue weighted by molar-refractivity contribution is 0.0633. The number of rotatable bonds is 6. The summed E-state index contributed by atoms with van der Waals surface area (Å²) < 4.78 is 5.77. The third kappa shape index (κ3) is 5.93. The topological polar surface area (TPSA) is 32.8 Å². The number of amides is 1. The zero-order valence-electron chi connectivity index (χ0n) is 16.7. The highest BCUT2D eigenvalue weighted by Crippen LogP contribution is 2.24. The van der Waals surface area contributed by atoms with Crippen LogP contribution in [-0.2, 0) is 13.2 Å². The van der Waals surface area contributed by atoms with Crippen LogP contribution in [0.1, 0.15) is 20.8 Å². The first-order chi connectivity index (χ1) is 15.0. The first-order valence-electron chi connectivity index (χ1n) is 9.89. The number of nitrogens with zero attached hydrogens (tertiary/aromatic N) is 2. The molecule has 0 spiro atoms. The SMILES string of the molecule is O=C(c1cc(COc2ccc(Cl)cc2)cs1)N1CCN(Cc2ccc(Cl)c(Cl)c2)CC1. The Hall–Kier alpha value is -1.76.